The smallest absolute Gasteiger partial charge is 0.104 e. The SMILES string of the molecule is CCCC(COC)Nc1ccc(C(N)=S)c(C)c1. The summed E-state index contributed by atoms with van der Waals surface area (Å²) < 4.78 is 5.22. The van der Waals surface area contributed by atoms with Gasteiger partial charge in [0.15, 0.2) is 0 Å². The van der Waals surface area contributed by atoms with Crippen LogP contribution in [0.15, 0.2) is 18.2 Å². The van der Waals surface area contributed by atoms with Gasteiger partial charge < -0.3 is 15.8 Å². The van der Waals surface area contributed by atoms with Gasteiger partial charge in [0.25, 0.3) is 0 Å². The molecule has 3 nitrogen and oxygen atoms in total. The maximum atomic E-state index is 5.65. The molecule has 0 aliphatic carbocycles. The van der Waals surface area contributed by atoms with Crippen LogP contribution in [-0.4, -0.2) is 24.7 Å². The molecule has 1 aromatic carbocycles. The fraction of sp³-hybridized carbons (Fsp3) is 0.500. The summed E-state index contributed by atoms with van der Waals surface area (Å²) >= 11 is 5.00. The van der Waals surface area contributed by atoms with E-state index in [0.29, 0.717) is 17.6 Å². The van der Waals surface area contributed by atoms with Gasteiger partial charge in [-0.25, -0.2) is 0 Å². The molecule has 0 aromatic heterocycles. The lowest BCUT2D eigenvalue weighted by Gasteiger charge is -2.19. The first-order valence-corrected chi connectivity index (χ1v) is 6.65. The van der Waals surface area contributed by atoms with Crippen LogP contribution < -0.4 is 11.1 Å². The van der Waals surface area contributed by atoms with Crippen molar-refractivity contribution in [3.63, 3.8) is 0 Å². The zero-order chi connectivity index (χ0) is 13.5. The summed E-state index contributed by atoms with van der Waals surface area (Å²) in [5.74, 6) is 0. The Labute approximate surface area is 115 Å². The van der Waals surface area contributed by atoms with E-state index in [1.54, 1.807) is 7.11 Å². The second-order valence-electron chi connectivity index (χ2n) is 4.48. The number of nitrogens with two attached hydrogens (primary N) is 1. The lowest BCUT2D eigenvalue weighted by Crippen LogP contribution is -2.24. The zero-order valence-electron chi connectivity index (χ0n) is 11.3. The van der Waals surface area contributed by atoms with E-state index >= 15 is 0 Å². The van der Waals surface area contributed by atoms with E-state index in [9.17, 15) is 0 Å². The highest BCUT2D eigenvalue weighted by atomic mass is 32.1. The number of aryl methyl sites for hydroxylation is 1. The number of nitrogens with one attached hydrogen (secondary N) is 1. The Morgan fingerprint density at radius 3 is 2.72 bits per heavy atom. The summed E-state index contributed by atoms with van der Waals surface area (Å²) in [5, 5.41) is 3.48. The van der Waals surface area contributed by atoms with Crippen molar-refractivity contribution in [2.75, 3.05) is 19.0 Å². The largest absolute Gasteiger partial charge is 0.389 e. The molecule has 100 valence electrons. The van der Waals surface area contributed by atoms with Gasteiger partial charge in [-0.3, -0.25) is 0 Å². The number of anilines is 1. The minimum absolute atomic E-state index is 0.343. The molecule has 0 radical (unpaired) electrons. The minimum Gasteiger partial charge on any atom is -0.389 e. The second kappa shape index (κ2) is 7.34. The average molecular weight is 266 g/mol. The summed E-state index contributed by atoms with van der Waals surface area (Å²) in [7, 11) is 1.73. The Balaban J connectivity index is 2.77. The third-order valence-electron chi connectivity index (χ3n) is 2.87. The maximum absolute atomic E-state index is 5.65. The molecule has 0 bridgehead atoms. The van der Waals surface area contributed by atoms with E-state index in [-0.39, 0.29) is 0 Å². The third-order valence-corrected chi connectivity index (χ3v) is 3.09. The predicted molar refractivity (Wildman–Crippen MR) is 81.3 cm³/mol. The molecular formula is C14H22N2OS. The molecule has 0 aliphatic heterocycles. The molecular weight excluding hydrogens is 244 g/mol. The monoisotopic (exact) mass is 266 g/mol. The van der Waals surface area contributed by atoms with Crippen molar-refractivity contribution >= 4 is 22.9 Å². The summed E-state index contributed by atoms with van der Waals surface area (Å²) in [5.41, 5.74) is 8.78. The molecule has 0 heterocycles. The number of ether oxygens (including phenoxy) is 1. The van der Waals surface area contributed by atoms with Gasteiger partial charge in [-0.15, -0.1) is 0 Å². The number of benzene rings is 1. The van der Waals surface area contributed by atoms with Gasteiger partial charge in [-0.2, -0.15) is 0 Å². The summed E-state index contributed by atoms with van der Waals surface area (Å²) in [4.78, 5) is 0.445. The Morgan fingerprint density at radius 1 is 1.50 bits per heavy atom. The molecule has 0 aliphatic rings. The van der Waals surface area contributed by atoms with Crippen LogP contribution >= 0.6 is 12.2 Å². The number of hydrogen-bond donors (Lipinski definition) is 2. The highest BCUT2D eigenvalue weighted by Crippen LogP contribution is 2.17. The molecule has 3 N–H and O–H groups in total. The number of thiocarbonyl (C=S) groups is 1. The quantitative estimate of drug-likeness (QED) is 0.745. The van der Waals surface area contributed by atoms with Gasteiger partial charge in [-0.1, -0.05) is 25.6 Å². The molecule has 18 heavy (non-hydrogen) atoms. The normalized spacial score (nSPS) is 12.2. The van der Waals surface area contributed by atoms with Gasteiger partial charge in [0.1, 0.15) is 4.99 Å². The van der Waals surface area contributed by atoms with Crippen LogP contribution in [0, 0.1) is 6.92 Å². The Kier molecular flexibility index (Phi) is 6.09. The van der Waals surface area contributed by atoms with Crippen LogP contribution in [0.25, 0.3) is 0 Å². The van der Waals surface area contributed by atoms with E-state index < -0.39 is 0 Å². The highest BCUT2D eigenvalue weighted by molar-refractivity contribution is 7.80. The van der Waals surface area contributed by atoms with Crippen LogP contribution in [0.3, 0.4) is 0 Å². The fourth-order valence-corrected chi connectivity index (χ4v) is 2.24. The molecule has 1 aromatic rings. The van der Waals surface area contributed by atoms with Crippen molar-refractivity contribution < 1.29 is 4.74 Å². The lowest BCUT2D eigenvalue weighted by atomic mass is 10.1. The van der Waals surface area contributed by atoms with Crippen LogP contribution in [0.4, 0.5) is 5.69 Å². The van der Waals surface area contributed by atoms with Gasteiger partial charge in [0.2, 0.25) is 0 Å². The number of hydrogen-bond acceptors (Lipinski definition) is 3. The van der Waals surface area contributed by atoms with E-state index in [1.807, 2.05) is 19.1 Å². The molecule has 4 heteroatoms. The van der Waals surface area contributed by atoms with Crippen molar-refractivity contribution in [2.24, 2.45) is 5.73 Å². The van der Waals surface area contributed by atoms with Crippen molar-refractivity contribution in [3.8, 4) is 0 Å². The van der Waals surface area contributed by atoms with Gasteiger partial charge >= 0.3 is 0 Å². The molecule has 0 saturated heterocycles. The van der Waals surface area contributed by atoms with Crippen molar-refractivity contribution in [1.82, 2.24) is 0 Å². The van der Waals surface area contributed by atoms with Crippen LogP contribution in [0.2, 0.25) is 0 Å². The molecule has 0 spiro atoms. The molecule has 0 saturated carbocycles. The van der Waals surface area contributed by atoms with Gasteiger partial charge in [0.05, 0.1) is 6.61 Å². The molecule has 1 atom stereocenters. The topological polar surface area (TPSA) is 47.3 Å². The predicted octanol–water partition coefficient (Wildman–Crippen LogP) is 2.86. The molecule has 0 amide bonds. The first-order valence-electron chi connectivity index (χ1n) is 6.24. The van der Waals surface area contributed by atoms with E-state index in [2.05, 4.69) is 18.3 Å². The summed E-state index contributed by atoms with van der Waals surface area (Å²) in [6.45, 7) is 4.90. The van der Waals surface area contributed by atoms with Crippen LogP contribution in [0.1, 0.15) is 30.9 Å². The summed E-state index contributed by atoms with van der Waals surface area (Å²) in [6, 6.07) is 6.40. The number of rotatable bonds is 7. The van der Waals surface area contributed by atoms with Crippen molar-refractivity contribution in [2.45, 2.75) is 32.7 Å². The first kappa shape index (κ1) is 14.9. The molecule has 1 unspecified atom stereocenters. The van der Waals surface area contributed by atoms with E-state index in [1.165, 1.54) is 0 Å². The molecule has 1 rings (SSSR count). The van der Waals surface area contributed by atoms with Crippen molar-refractivity contribution in [1.29, 1.82) is 0 Å². The number of methoxy groups -OCH3 is 1. The van der Waals surface area contributed by atoms with E-state index in [4.69, 9.17) is 22.7 Å². The fourth-order valence-electron chi connectivity index (χ4n) is 2.01. The van der Waals surface area contributed by atoms with E-state index in [0.717, 1.165) is 29.7 Å². The first-order chi connectivity index (χ1) is 8.58. The Bertz CT molecular complexity index is 401. The zero-order valence-corrected chi connectivity index (χ0v) is 12.1. The maximum Gasteiger partial charge on any atom is 0.104 e. The van der Waals surface area contributed by atoms with Crippen LogP contribution in [0.5, 0.6) is 0 Å². The van der Waals surface area contributed by atoms with Crippen molar-refractivity contribution in [3.05, 3.63) is 29.3 Å². The van der Waals surface area contributed by atoms with Crippen LogP contribution in [-0.2, 0) is 4.74 Å². The lowest BCUT2D eigenvalue weighted by molar-refractivity contribution is 0.182. The Morgan fingerprint density at radius 2 is 2.22 bits per heavy atom. The highest BCUT2D eigenvalue weighted by Gasteiger charge is 2.08. The third kappa shape index (κ3) is 4.27. The van der Waals surface area contributed by atoms with Gasteiger partial charge in [-0.05, 0) is 37.1 Å². The standard InChI is InChI=1S/C14H22N2OS/c1-4-5-12(9-17-3)16-11-6-7-13(14(15)18)10(2)8-11/h6-8,12,16H,4-5,9H2,1-3H3,(H2,15,18). The minimum atomic E-state index is 0.343. The van der Waals surface area contributed by atoms with Gasteiger partial charge in [0, 0.05) is 24.4 Å². The average Bonchev–Trinajstić information content (AvgIpc) is 2.29. The summed E-state index contributed by atoms with van der Waals surface area (Å²) in [6.07, 6.45) is 2.22. The molecule has 0 fully saturated rings. The Hall–Kier alpha value is -1.13. The second-order valence-corrected chi connectivity index (χ2v) is 4.92.